The van der Waals surface area contributed by atoms with Gasteiger partial charge in [-0.1, -0.05) is 12.1 Å². The Balaban J connectivity index is 1.85. The average molecular weight is 271 g/mol. The number of likely N-dealkylation sites (tertiary alicyclic amines) is 1. The summed E-state index contributed by atoms with van der Waals surface area (Å²) < 4.78 is 2.06. The third-order valence-corrected chi connectivity index (χ3v) is 4.04. The highest BCUT2D eigenvalue weighted by molar-refractivity contribution is 5.86. The van der Waals surface area contributed by atoms with Gasteiger partial charge in [0.2, 0.25) is 5.91 Å². The molecule has 1 amide bonds. The predicted octanol–water partition coefficient (Wildman–Crippen LogP) is 1.98. The van der Waals surface area contributed by atoms with Gasteiger partial charge in [0.1, 0.15) is 6.54 Å². The molecule has 0 atom stereocenters. The van der Waals surface area contributed by atoms with Crippen LogP contribution in [0.3, 0.4) is 0 Å². The molecule has 1 aliphatic heterocycles. The summed E-state index contributed by atoms with van der Waals surface area (Å²) in [5.41, 5.74) is 2.42. The van der Waals surface area contributed by atoms with Gasteiger partial charge in [-0.25, -0.2) is 0 Å². The van der Waals surface area contributed by atoms with Crippen LogP contribution in [0.1, 0.15) is 18.4 Å². The molecule has 0 bridgehead atoms. The van der Waals surface area contributed by atoms with E-state index in [0.29, 0.717) is 6.54 Å². The maximum absolute atomic E-state index is 12.3. The topological polar surface area (TPSA) is 37.3 Å². The summed E-state index contributed by atoms with van der Waals surface area (Å²) in [5, 5.41) is 4.42. The lowest BCUT2D eigenvalue weighted by molar-refractivity contribution is -0.130. The van der Waals surface area contributed by atoms with E-state index in [1.165, 1.54) is 10.9 Å². The van der Waals surface area contributed by atoms with Crippen LogP contribution < -0.4 is 5.32 Å². The van der Waals surface area contributed by atoms with Gasteiger partial charge in [0.25, 0.3) is 0 Å². The number of amides is 1. The largest absolute Gasteiger partial charge is 0.341 e. The fourth-order valence-corrected chi connectivity index (χ4v) is 2.98. The molecule has 0 spiro atoms. The zero-order valence-electron chi connectivity index (χ0n) is 11.9. The highest BCUT2D eigenvalue weighted by Gasteiger charge is 2.18. The average Bonchev–Trinajstić information content (AvgIpc) is 3.09. The fraction of sp³-hybridized carbons (Fsp3) is 0.438. The van der Waals surface area contributed by atoms with Crippen molar-refractivity contribution < 1.29 is 4.79 Å². The Hall–Kier alpha value is -1.81. The van der Waals surface area contributed by atoms with Crippen molar-refractivity contribution in [1.82, 2.24) is 14.8 Å². The maximum Gasteiger partial charge on any atom is 0.242 e. The van der Waals surface area contributed by atoms with Crippen LogP contribution in [0.25, 0.3) is 10.9 Å². The molecular weight excluding hydrogens is 250 g/mol. The minimum atomic E-state index is 0.235. The second-order valence-corrected chi connectivity index (χ2v) is 5.41. The molecular formula is C16H21N3O. The fourth-order valence-electron chi connectivity index (χ4n) is 2.98. The van der Waals surface area contributed by atoms with Gasteiger partial charge in [0, 0.05) is 36.7 Å². The molecule has 3 rings (SSSR count). The van der Waals surface area contributed by atoms with Crippen molar-refractivity contribution in [2.24, 2.45) is 0 Å². The van der Waals surface area contributed by atoms with Crippen molar-refractivity contribution in [3.05, 3.63) is 36.0 Å². The van der Waals surface area contributed by atoms with Crippen LogP contribution >= 0.6 is 0 Å². The van der Waals surface area contributed by atoms with Gasteiger partial charge in [0.15, 0.2) is 0 Å². The van der Waals surface area contributed by atoms with Crippen LogP contribution in [0.5, 0.6) is 0 Å². The second kappa shape index (κ2) is 5.67. The van der Waals surface area contributed by atoms with E-state index in [9.17, 15) is 4.79 Å². The molecule has 0 radical (unpaired) electrons. The molecule has 1 aromatic carbocycles. The van der Waals surface area contributed by atoms with E-state index >= 15 is 0 Å². The molecule has 2 aromatic rings. The number of carbonyl (C=O) groups is 1. The molecule has 1 aliphatic rings. The lowest BCUT2D eigenvalue weighted by atomic mass is 10.1. The third-order valence-electron chi connectivity index (χ3n) is 4.04. The number of fused-ring (bicyclic) bond motifs is 1. The Bertz CT molecular complexity index is 611. The van der Waals surface area contributed by atoms with Crippen molar-refractivity contribution in [3.8, 4) is 0 Å². The minimum absolute atomic E-state index is 0.235. The maximum atomic E-state index is 12.3. The predicted molar refractivity (Wildman–Crippen MR) is 80.5 cm³/mol. The summed E-state index contributed by atoms with van der Waals surface area (Å²) in [7, 11) is 1.95. The first-order chi connectivity index (χ1) is 9.79. The molecule has 0 unspecified atom stereocenters. The number of nitrogens with zero attached hydrogens (tertiary/aromatic N) is 2. The third kappa shape index (κ3) is 2.43. The lowest BCUT2D eigenvalue weighted by Gasteiger charge is -2.16. The van der Waals surface area contributed by atoms with Crippen molar-refractivity contribution >= 4 is 16.8 Å². The Morgan fingerprint density at radius 2 is 2.05 bits per heavy atom. The number of hydrogen-bond donors (Lipinski definition) is 1. The molecule has 0 aliphatic carbocycles. The summed E-state index contributed by atoms with van der Waals surface area (Å²) in [4.78, 5) is 14.2. The van der Waals surface area contributed by atoms with E-state index < -0.39 is 0 Å². The van der Waals surface area contributed by atoms with Crippen molar-refractivity contribution in [1.29, 1.82) is 0 Å². The first-order valence-corrected chi connectivity index (χ1v) is 7.28. The van der Waals surface area contributed by atoms with Crippen LogP contribution in [-0.2, 0) is 17.9 Å². The van der Waals surface area contributed by atoms with Gasteiger partial charge in [-0.15, -0.1) is 0 Å². The van der Waals surface area contributed by atoms with E-state index in [2.05, 4.69) is 34.1 Å². The molecule has 1 N–H and O–H groups in total. The van der Waals surface area contributed by atoms with Crippen LogP contribution in [0.2, 0.25) is 0 Å². The van der Waals surface area contributed by atoms with Gasteiger partial charge in [0.05, 0.1) is 0 Å². The normalized spacial score (nSPS) is 15.2. The molecule has 20 heavy (non-hydrogen) atoms. The number of nitrogens with one attached hydrogen (secondary N) is 1. The first-order valence-electron chi connectivity index (χ1n) is 7.28. The molecule has 0 saturated carbocycles. The highest BCUT2D eigenvalue weighted by atomic mass is 16.2. The Kier molecular flexibility index (Phi) is 3.74. The van der Waals surface area contributed by atoms with Crippen molar-refractivity contribution in [2.75, 3.05) is 20.1 Å². The van der Waals surface area contributed by atoms with E-state index in [-0.39, 0.29) is 5.91 Å². The van der Waals surface area contributed by atoms with Crippen LogP contribution in [0, 0.1) is 0 Å². The molecule has 2 heterocycles. The number of carbonyl (C=O) groups excluding carboxylic acids is 1. The van der Waals surface area contributed by atoms with Gasteiger partial charge in [-0.2, -0.15) is 0 Å². The van der Waals surface area contributed by atoms with Crippen LogP contribution in [-0.4, -0.2) is 35.5 Å². The Morgan fingerprint density at radius 1 is 1.25 bits per heavy atom. The van der Waals surface area contributed by atoms with E-state index in [4.69, 9.17) is 0 Å². The summed E-state index contributed by atoms with van der Waals surface area (Å²) in [6.07, 6.45) is 4.31. The SMILES string of the molecule is CNCc1cccc2c1ccn2CC(=O)N1CCCC1. The van der Waals surface area contributed by atoms with Crippen molar-refractivity contribution in [3.63, 3.8) is 0 Å². The summed E-state index contributed by atoms with van der Waals surface area (Å²) in [6, 6.07) is 8.39. The van der Waals surface area contributed by atoms with Gasteiger partial charge >= 0.3 is 0 Å². The molecule has 1 aromatic heterocycles. The van der Waals surface area contributed by atoms with E-state index in [1.54, 1.807) is 0 Å². The first kappa shape index (κ1) is 13.2. The number of hydrogen-bond acceptors (Lipinski definition) is 2. The second-order valence-electron chi connectivity index (χ2n) is 5.41. The molecule has 4 heteroatoms. The Labute approximate surface area is 119 Å². The van der Waals surface area contributed by atoms with Crippen LogP contribution in [0.4, 0.5) is 0 Å². The number of aromatic nitrogens is 1. The standard InChI is InChI=1S/C16H21N3O/c1-17-11-13-5-4-6-15-14(13)7-10-19(15)12-16(20)18-8-2-3-9-18/h4-7,10,17H,2-3,8-9,11-12H2,1H3. The Morgan fingerprint density at radius 3 is 2.80 bits per heavy atom. The zero-order valence-corrected chi connectivity index (χ0v) is 11.9. The van der Waals surface area contributed by atoms with Gasteiger partial charge in [-0.3, -0.25) is 4.79 Å². The summed E-state index contributed by atoms with van der Waals surface area (Å²) in [5.74, 6) is 0.235. The molecule has 106 valence electrons. The zero-order chi connectivity index (χ0) is 13.9. The molecule has 4 nitrogen and oxygen atoms in total. The highest BCUT2D eigenvalue weighted by Crippen LogP contribution is 2.21. The van der Waals surface area contributed by atoms with Crippen LogP contribution in [0.15, 0.2) is 30.5 Å². The quantitative estimate of drug-likeness (QED) is 0.923. The van der Waals surface area contributed by atoms with E-state index in [0.717, 1.165) is 38.0 Å². The molecule has 1 saturated heterocycles. The summed E-state index contributed by atoms with van der Waals surface area (Å²) >= 11 is 0. The summed E-state index contributed by atoms with van der Waals surface area (Å²) in [6.45, 7) is 3.14. The monoisotopic (exact) mass is 271 g/mol. The number of rotatable bonds is 4. The van der Waals surface area contributed by atoms with E-state index in [1.807, 2.05) is 18.1 Å². The number of benzene rings is 1. The van der Waals surface area contributed by atoms with Gasteiger partial charge in [-0.05, 0) is 37.6 Å². The smallest absolute Gasteiger partial charge is 0.242 e. The molecule has 1 fully saturated rings. The lowest BCUT2D eigenvalue weighted by Crippen LogP contribution is -2.30. The van der Waals surface area contributed by atoms with Crippen molar-refractivity contribution in [2.45, 2.75) is 25.9 Å². The minimum Gasteiger partial charge on any atom is -0.341 e. The van der Waals surface area contributed by atoms with Gasteiger partial charge < -0.3 is 14.8 Å².